The van der Waals surface area contributed by atoms with E-state index in [2.05, 4.69) is 15.5 Å². The van der Waals surface area contributed by atoms with E-state index in [9.17, 15) is 9.18 Å². The molecule has 0 spiro atoms. The summed E-state index contributed by atoms with van der Waals surface area (Å²) in [4.78, 5) is 12.8. The molecule has 2 rings (SSSR count). The summed E-state index contributed by atoms with van der Waals surface area (Å²) in [7, 11) is 3.17. The average molecular weight is 312 g/mol. The fraction of sp³-hybridized carbons (Fsp3) is 0.250. The third-order valence-electron chi connectivity index (χ3n) is 2.51. The number of benzene rings is 1. The highest BCUT2D eigenvalue weighted by atomic mass is 32.2. The first-order valence-electron chi connectivity index (χ1n) is 5.77. The first kappa shape index (κ1) is 14.7. The van der Waals surface area contributed by atoms with Crippen LogP contribution in [0.3, 0.4) is 0 Å². The van der Waals surface area contributed by atoms with Gasteiger partial charge >= 0.3 is 6.03 Å². The van der Waals surface area contributed by atoms with E-state index in [0.717, 1.165) is 0 Å². The topological polar surface area (TPSA) is 58.1 Å². The van der Waals surface area contributed by atoms with Gasteiger partial charge in [-0.25, -0.2) is 9.18 Å². The highest BCUT2D eigenvalue weighted by Crippen LogP contribution is 2.30. The summed E-state index contributed by atoms with van der Waals surface area (Å²) < 4.78 is 14.2. The second-order valence-electron chi connectivity index (χ2n) is 3.84. The molecule has 2 amide bonds. The van der Waals surface area contributed by atoms with Crippen molar-refractivity contribution in [2.24, 2.45) is 0 Å². The summed E-state index contributed by atoms with van der Waals surface area (Å²) in [6.07, 6.45) is 0. The van der Waals surface area contributed by atoms with Gasteiger partial charge in [0.05, 0.1) is 0 Å². The number of urea groups is 1. The average Bonchev–Trinajstić information content (AvgIpc) is 2.93. The van der Waals surface area contributed by atoms with Crippen LogP contribution in [-0.4, -0.2) is 30.3 Å². The molecule has 0 fully saturated rings. The Morgan fingerprint density at radius 2 is 2.20 bits per heavy atom. The van der Waals surface area contributed by atoms with E-state index >= 15 is 0 Å². The second-order valence-corrected chi connectivity index (χ2v) is 6.02. The van der Waals surface area contributed by atoms with E-state index in [-0.39, 0.29) is 11.8 Å². The van der Waals surface area contributed by atoms with Crippen molar-refractivity contribution in [2.75, 3.05) is 19.0 Å². The van der Waals surface area contributed by atoms with E-state index in [1.54, 1.807) is 32.3 Å². The largest absolute Gasteiger partial charge is 0.341 e. The van der Waals surface area contributed by atoms with Crippen LogP contribution in [-0.2, 0) is 5.75 Å². The van der Waals surface area contributed by atoms with E-state index in [4.69, 9.17) is 0 Å². The molecular weight excluding hydrogens is 299 g/mol. The van der Waals surface area contributed by atoms with Crippen LogP contribution in [0.2, 0.25) is 0 Å². The molecule has 8 heteroatoms. The zero-order chi connectivity index (χ0) is 14.5. The van der Waals surface area contributed by atoms with E-state index in [0.29, 0.717) is 20.8 Å². The van der Waals surface area contributed by atoms with Crippen molar-refractivity contribution in [3.63, 3.8) is 0 Å². The van der Waals surface area contributed by atoms with Crippen LogP contribution in [0.25, 0.3) is 0 Å². The lowest BCUT2D eigenvalue weighted by Crippen LogP contribution is -2.34. The maximum Gasteiger partial charge on any atom is 0.323 e. The number of nitrogens with zero attached hydrogens (tertiary/aromatic N) is 3. The lowest BCUT2D eigenvalue weighted by molar-refractivity contribution is 0.249. The minimum atomic E-state index is -0.258. The summed E-state index contributed by atoms with van der Waals surface area (Å²) in [5.41, 5.74) is 0.619. The van der Waals surface area contributed by atoms with Crippen LogP contribution < -0.4 is 10.2 Å². The number of thioether (sulfide) groups is 1. The van der Waals surface area contributed by atoms with Gasteiger partial charge < -0.3 is 5.32 Å². The van der Waals surface area contributed by atoms with Gasteiger partial charge in [-0.3, -0.25) is 4.90 Å². The maximum atomic E-state index is 13.5. The van der Waals surface area contributed by atoms with E-state index in [1.807, 2.05) is 0 Å². The highest BCUT2D eigenvalue weighted by molar-refractivity contribution is 8.00. The molecule has 1 aromatic carbocycles. The predicted octanol–water partition coefficient (Wildman–Crippen LogP) is 2.75. The number of rotatable bonds is 4. The fourth-order valence-corrected chi connectivity index (χ4v) is 3.19. The summed E-state index contributed by atoms with van der Waals surface area (Å²) in [5.74, 6) is 0.248. The van der Waals surface area contributed by atoms with Crippen molar-refractivity contribution in [3.8, 4) is 0 Å². The van der Waals surface area contributed by atoms with E-state index < -0.39 is 0 Å². The minimum Gasteiger partial charge on any atom is -0.341 e. The highest BCUT2D eigenvalue weighted by Gasteiger charge is 2.14. The van der Waals surface area contributed by atoms with Crippen LogP contribution >= 0.6 is 23.1 Å². The molecule has 20 heavy (non-hydrogen) atoms. The molecule has 106 valence electrons. The Morgan fingerprint density at radius 1 is 1.45 bits per heavy atom. The molecule has 0 saturated heterocycles. The third kappa shape index (κ3) is 3.45. The summed E-state index contributed by atoms with van der Waals surface area (Å²) in [5, 5.41) is 10.9. The zero-order valence-corrected chi connectivity index (χ0v) is 12.6. The molecule has 0 radical (unpaired) electrons. The number of anilines is 1. The van der Waals surface area contributed by atoms with Gasteiger partial charge in [0.2, 0.25) is 5.13 Å². The molecule has 1 heterocycles. The van der Waals surface area contributed by atoms with Gasteiger partial charge in [0, 0.05) is 19.8 Å². The SMILES string of the molecule is CNC(=O)N(C)c1nnc(SCc2ccccc2F)s1. The fourth-order valence-electron chi connectivity index (χ4n) is 1.41. The van der Waals surface area contributed by atoms with Gasteiger partial charge in [0.15, 0.2) is 4.34 Å². The molecule has 5 nitrogen and oxygen atoms in total. The lowest BCUT2D eigenvalue weighted by Gasteiger charge is -2.11. The van der Waals surface area contributed by atoms with Crippen LogP contribution in [0.5, 0.6) is 0 Å². The molecule has 0 aliphatic rings. The Kier molecular flexibility index (Phi) is 4.91. The van der Waals surface area contributed by atoms with Gasteiger partial charge in [0.25, 0.3) is 0 Å². The van der Waals surface area contributed by atoms with Crippen LogP contribution in [0.4, 0.5) is 14.3 Å². The zero-order valence-electron chi connectivity index (χ0n) is 11.0. The van der Waals surface area contributed by atoms with Crippen molar-refractivity contribution in [1.29, 1.82) is 0 Å². The number of aromatic nitrogens is 2. The number of nitrogens with one attached hydrogen (secondary N) is 1. The van der Waals surface area contributed by atoms with Gasteiger partial charge in [-0.2, -0.15) is 0 Å². The molecule has 1 aromatic heterocycles. The molecular formula is C12H13FN4OS2. The number of hydrogen-bond donors (Lipinski definition) is 1. The van der Waals surface area contributed by atoms with Crippen molar-refractivity contribution >= 4 is 34.3 Å². The van der Waals surface area contributed by atoms with Gasteiger partial charge in [-0.1, -0.05) is 41.3 Å². The first-order valence-corrected chi connectivity index (χ1v) is 7.57. The smallest absolute Gasteiger partial charge is 0.323 e. The Balaban J connectivity index is 2.00. The Bertz CT molecular complexity index is 605. The van der Waals surface area contributed by atoms with Gasteiger partial charge in [-0.05, 0) is 11.6 Å². The number of hydrogen-bond acceptors (Lipinski definition) is 5. The summed E-state index contributed by atoms with van der Waals surface area (Å²) in [6.45, 7) is 0. The molecule has 0 saturated carbocycles. The van der Waals surface area contributed by atoms with Gasteiger partial charge in [-0.15, -0.1) is 10.2 Å². The number of carbonyl (C=O) groups is 1. The van der Waals surface area contributed by atoms with Crippen LogP contribution in [0.15, 0.2) is 28.6 Å². The lowest BCUT2D eigenvalue weighted by atomic mass is 10.2. The van der Waals surface area contributed by atoms with Crippen molar-refractivity contribution in [1.82, 2.24) is 15.5 Å². The number of carbonyl (C=O) groups excluding carboxylic acids is 1. The first-order chi connectivity index (χ1) is 9.61. The normalized spacial score (nSPS) is 10.3. The molecule has 0 unspecified atom stereocenters. The molecule has 0 bridgehead atoms. The van der Waals surface area contributed by atoms with Crippen LogP contribution in [0.1, 0.15) is 5.56 Å². The van der Waals surface area contributed by atoms with Crippen molar-refractivity contribution < 1.29 is 9.18 Å². The molecule has 0 atom stereocenters. The quantitative estimate of drug-likeness (QED) is 0.696. The summed E-state index contributed by atoms with van der Waals surface area (Å²) in [6, 6.07) is 6.36. The molecule has 2 aromatic rings. The monoisotopic (exact) mass is 312 g/mol. The molecule has 0 aliphatic carbocycles. The minimum absolute atomic E-state index is 0.229. The molecule has 0 aliphatic heterocycles. The Morgan fingerprint density at radius 3 is 2.90 bits per heavy atom. The van der Waals surface area contributed by atoms with Gasteiger partial charge in [0.1, 0.15) is 5.82 Å². The summed E-state index contributed by atoms with van der Waals surface area (Å²) >= 11 is 2.68. The predicted molar refractivity (Wildman–Crippen MR) is 78.7 cm³/mol. The number of halogens is 1. The Hall–Kier alpha value is -1.67. The maximum absolute atomic E-state index is 13.5. The Labute approximate surface area is 124 Å². The third-order valence-corrected chi connectivity index (χ3v) is 4.69. The van der Waals surface area contributed by atoms with Crippen LogP contribution in [0, 0.1) is 5.82 Å². The standard InChI is InChI=1S/C12H13FN4OS2/c1-14-10(18)17(2)11-15-16-12(20-11)19-7-8-5-3-4-6-9(8)13/h3-6H,7H2,1-2H3,(H,14,18). The molecule has 1 N–H and O–H groups in total. The number of amides is 2. The van der Waals surface area contributed by atoms with E-state index in [1.165, 1.54) is 34.1 Å². The second kappa shape index (κ2) is 6.67. The van der Waals surface area contributed by atoms with Crippen molar-refractivity contribution in [3.05, 3.63) is 35.6 Å². The van der Waals surface area contributed by atoms with Crippen molar-refractivity contribution in [2.45, 2.75) is 10.1 Å².